The molecule has 4 atom stereocenters. The zero-order valence-electron chi connectivity index (χ0n) is 29.4. The number of aliphatic carboxylic acids is 2. The van der Waals surface area contributed by atoms with E-state index in [4.69, 9.17) is 18.9 Å². The summed E-state index contributed by atoms with van der Waals surface area (Å²) in [6.07, 6.45) is 13.6. The van der Waals surface area contributed by atoms with Crippen molar-refractivity contribution in [2.24, 2.45) is 11.8 Å². The van der Waals surface area contributed by atoms with Gasteiger partial charge in [-0.1, -0.05) is 36.8 Å². The minimum atomic E-state index is -0.811. The summed E-state index contributed by atoms with van der Waals surface area (Å²) in [5.74, 6) is 13.3. The van der Waals surface area contributed by atoms with Crippen molar-refractivity contribution in [2.75, 3.05) is 14.2 Å². The van der Waals surface area contributed by atoms with Crippen molar-refractivity contribution < 1.29 is 38.7 Å². The molecular formula is C42H50O8. The van der Waals surface area contributed by atoms with Gasteiger partial charge >= 0.3 is 11.9 Å². The second-order valence-corrected chi connectivity index (χ2v) is 14.7. The molecule has 0 aromatic heterocycles. The number of methoxy groups -OCH3 is 2. The summed E-state index contributed by atoms with van der Waals surface area (Å²) in [7, 11) is 3.26. The molecule has 8 nitrogen and oxygen atoms in total. The van der Waals surface area contributed by atoms with Crippen LogP contribution in [0.15, 0.2) is 36.4 Å². The summed E-state index contributed by atoms with van der Waals surface area (Å²) in [4.78, 5) is 24.6. The van der Waals surface area contributed by atoms with E-state index in [9.17, 15) is 19.8 Å². The van der Waals surface area contributed by atoms with E-state index in [1.54, 1.807) is 14.2 Å². The molecule has 50 heavy (non-hydrogen) atoms. The fourth-order valence-corrected chi connectivity index (χ4v) is 8.67. The Morgan fingerprint density at radius 1 is 0.600 bits per heavy atom. The summed E-state index contributed by atoms with van der Waals surface area (Å²) in [6.45, 7) is 0. The van der Waals surface area contributed by atoms with Gasteiger partial charge in [0.2, 0.25) is 0 Å². The predicted molar refractivity (Wildman–Crippen MR) is 190 cm³/mol. The topological polar surface area (TPSA) is 112 Å². The van der Waals surface area contributed by atoms with Gasteiger partial charge in [0.1, 0.15) is 0 Å². The van der Waals surface area contributed by atoms with Crippen LogP contribution >= 0.6 is 0 Å². The van der Waals surface area contributed by atoms with E-state index in [0.29, 0.717) is 61.5 Å². The van der Waals surface area contributed by atoms with Gasteiger partial charge in [0, 0.05) is 0 Å². The number of benzene rings is 2. The molecule has 0 aliphatic heterocycles. The molecule has 0 bridgehead atoms. The van der Waals surface area contributed by atoms with Crippen LogP contribution in [0.1, 0.15) is 114 Å². The lowest BCUT2D eigenvalue weighted by atomic mass is 9.65. The van der Waals surface area contributed by atoms with Gasteiger partial charge in [0.05, 0.1) is 49.1 Å². The fraction of sp³-hybridized carbons (Fsp3) is 0.571. The Labute approximate surface area is 296 Å². The van der Waals surface area contributed by atoms with Crippen molar-refractivity contribution in [2.45, 2.75) is 126 Å². The van der Waals surface area contributed by atoms with Crippen LogP contribution in [0.25, 0.3) is 0 Å². The van der Waals surface area contributed by atoms with E-state index in [0.717, 1.165) is 75.3 Å². The minimum absolute atomic E-state index is 0.133. The number of carboxylic acids is 2. The molecule has 2 N–H and O–H groups in total. The lowest BCUT2D eigenvalue weighted by Crippen LogP contribution is -2.35. The highest BCUT2D eigenvalue weighted by molar-refractivity contribution is 5.71. The number of hydrogen-bond donors (Lipinski definition) is 2. The Morgan fingerprint density at radius 2 is 1.00 bits per heavy atom. The van der Waals surface area contributed by atoms with Crippen LogP contribution in [-0.2, 0) is 20.4 Å². The van der Waals surface area contributed by atoms with E-state index in [1.165, 1.54) is 0 Å². The summed E-state index contributed by atoms with van der Waals surface area (Å²) in [5, 5.41) is 20.2. The van der Waals surface area contributed by atoms with Crippen LogP contribution in [0, 0.1) is 35.5 Å². The van der Waals surface area contributed by atoms with Gasteiger partial charge in [-0.15, -0.1) is 0 Å². The summed E-state index contributed by atoms with van der Waals surface area (Å²) >= 11 is 0. The van der Waals surface area contributed by atoms with Crippen molar-refractivity contribution in [1.82, 2.24) is 0 Å². The molecule has 0 heterocycles. The van der Waals surface area contributed by atoms with Crippen LogP contribution in [0.4, 0.5) is 0 Å². The normalized spacial score (nSPS) is 26.9. The average molecular weight is 683 g/mol. The summed E-state index contributed by atoms with van der Waals surface area (Å²) < 4.78 is 24.2. The van der Waals surface area contributed by atoms with Gasteiger partial charge in [0.25, 0.3) is 0 Å². The molecular weight excluding hydrogens is 632 g/mol. The third-order valence-electron chi connectivity index (χ3n) is 11.5. The number of rotatable bonds is 10. The molecule has 8 heteroatoms. The molecule has 4 aliphatic carbocycles. The van der Waals surface area contributed by atoms with Crippen molar-refractivity contribution in [3.8, 4) is 46.7 Å². The van der Waals surface area contributed by atoms with Gasteiger partial charge < -0.3 is 29.2 Å². The molecule has 2 aromatic carbocycles. The highest BCUT2D eigenvalue weighted by Crippen LogP contribution is 2.46. The first-order valence-electron chi connectivity index (χ1n) is 18.4. The molecule has 266 valence electrons. The lowest BCUT2D eigenvalue weighted by molar-refractivity contribution is -0.144. The Kier molecular flexibility index (Phi) is 11.2. The smallest absolute Gasteiger partial charge is 0.306 e. The van der Waals surface area contributed by atoms with Gasteiger partial charge in [0.15, 0.2) is 23.0 Å². The highest BCUT2D eigenvalue weighted by Gasteiger charge is 2.41. The van der Waals surface area contributed by atoms with Crippen molar-refractivity contribution >= 4 is 11.9 Å². The molecule has 2 aromatic rings. The van der Waals surface area contributed by atoms with Crippen LogP contribution in [-0.4, -0.2) is 48.6 Å². The molecule has 0 radical (unpaired) electrons. The first-order chi connectivity index (χ1) is 24.2. The molecule has 4 aliphatic rings. The Morgan fingerprint density at radius 3 is 1.36 bits per heavy atom. The molecule has 0 saturated heterocycles. The second-order valence-electron chi connectivity index (χ2n) is 14.7. The van der Waals surface area contributed by atoms with E-state index in [1.807, 2.05) is 36.4 Å². The van der Waals surface area contributed by atoms with E-state index in [-0.39, 0.29) is 12.2 Å². The first-order valence-corrected chi connectivity index (χ1v) is 18.4. The Hall–Kier alpha value is -4.30. The first kappa shape index (κ1) is 35.5. The summed E-state index contributed by atoms with van der Waals surface area (Å²) in [5.41, 5.74) is 0.353. The number of carboxylic acid groups (broad SMARTS) is 2. The van der Waals surface area contributed by atoms with E-state index < -0.39 is 34.6 Å². The van der Waals surface area contributed by atoms with Crippen molar-refractivity contribution in [3.05, 3.63) is 47.5 Å². The largest absolute Gasteiger partial charge is 0.493 e. The van der Waals surface area contributed by atoms with Gasteiger partial charge in [-0.25, -0.2) is 0 Å². The van der Waals surface area contributed by atoms with Crippen LogP contribution in [0.2, 0.25) is 0 Å². The highest BCUT2D eigenvalue weighted by atomic mass is 16.5. The number of ether oxygens (including phenoxy) is 4. The molecule has 4 saturated carbocycles. The zero-order chi connectivity index (χ0) is 35.1. The maximum absolute atomic E-state index is 12.3. The van der Waals surface area contributed by atoms with Crippen LogP contribution in [0.5, 0.6) is 23.0 Å². The Balaban J connectivity index is 1.39. The van der Waals surface area contributed by atoms with Crippen LogP contribution < -0.4 is 18.9 Å². The fourth-order valence-electron chi connectivity index (χ4n) is 8.67. The van der Waals surface area contributed by atoms with E-state index >= 15 is 0 Å². The average Bonchev–Trinajstić information content (AvgIpc) is 3.85. The molecule has 0 amide bonds. The number of carbonyl (C=O) groups is 2. The lowest BCUT2D eigenvalue weighted by Gasteiger charge is -2.37. The monoisotopic (exact) mass is 682 g/mol. The van der Waals surface area contributed by atoms with Crippen LogP contribution in [0.3, 0.4) is 0 Å². The Bertz CT molecular complexity index is 1540. The molecule has 0 spiro atoms. The third kappa shape index (κ3) is 7.86. The second kappa shape index (κ2) is 15.7. The standard InChI is InChI=1S/C42H50O8/c1-47-35-19-17-31(25-37(35)49-33-13-3-4-14-33)41(23-9-11-29(27-41)39(43)44)21-7-8-22-42(24-10-12-30(28-42)40(45)46)32-18-20-36(48-2)38(26-32)50-34-15-5-6-16-34/h17-20,25-26,29-30,33-34H,3-6,9-16,23-24,27-28H2,1-2H3,(H,43,44)(H,45,46). The molecule has 4 fully saturated rings. The predicted octanol–water partition coefficient (Wildman–Crippen LogP) is 8.08. The number of hydrogen-bond acceptors (Lipinski definition) is 6. The van der Waals surface area contributed by atoms with Gasteiger partial charge in [-0.3, -0.25) is 9.59 Å². The maximum Gasteiger partial charge on any atom is 0.306 e. The van der Waals surface area contributed by atoms with Gasteiger partial charge in [-0.2, -0.15) is 0 Å². The quantitative estimate of drug-likeness (QED) is 0.242. The molecule has 4 unspecified atom stereocenters. The maximum atomic E-state index is 12.3. The van der Waals surface area contributed by atoms with Crippen molar-refractivity contribution in [3.63, 3.8) is 0 Å². The summed E-state index contributed by atoms with van der Waals surface area (Å²) in [6, 6.07) is 11.7. The molecule has 6 rings (SSSR count). The third-order valence-corrected chi connectivity index (χ3v) is 11.5. The SMILES string of the molecule is COc1ccc(C2(C#CC#CC3(c4ccc(OC)c(OC5CCCC5)c4)CCCC(C(=O)O)C3)CCCC(C(=O)O)C2)cc1OC1CCCC1. The van der Waals surface area contributed by atoms with E-state index in [2.05, 4.69) is 23.7 Å². The zero-order valence-corrected chi connectivity index (χ0v) is 29.4. The van der Waals surface area contributed by atoms with Crippen molar-refractivity contribution in [1.29, 1.82) is 0 Å². The minimum Gasteiger partial charge on any atom is -0.493 e. The van der Waals surface area contributed by atoms with Gasteiger partial charge in [-0.05, 0) is 137 Å².